The third-order valence-electron chi connectivity index (χ3n) is 4.23. The highest BCUT2D eigenvalue weighted by atomic mass is 32.2. The molecule has 0 aliphatic carbocycles. The number of anilines is 1. The molecule has 0 aromatic heterocycles. The normalized spacial score (nSPS) is 16.6. The minimum absolute atomic E-state index is 0.0469. The summed E-state index contributed by atoms with van der Waals surface area (Å²) in [5.74, 6) is -0.467. The summed E-state index contributed by atoms with van der Waals surface area (Å²) < 4.78 is 45.7. The molecule has 1 fully saturated rings. The Bertz CT molecular complexity index is 801. The number of sulfonamides is 1. The zero-order chi connectivity index (χ0) is 17.9. The summed E-state index contributed by atoms with van der Waals surface area (Å²) in [6, 6.07) is 12.2. The minimum Gasteiger partial charge on any atom is -0.378 e. The maximum absolute atomic E-state index is 13.0. The van der Waals surface area contributed by atoms with Crippen LogP contribution in [0.3, 0.4) is 0 Å². The molecular formula is C18H21FN2O3S. The Hall–Kier alpha value is -1.96. The highest BCUT2D eigenvalue weighted by Crippen LogP contribution is 2.22. The third-order valence-corrected chi connectivity index (χ3v) is 5.78. The topological polar surface area (TPSA) is 58.6 Å². The lowest BCUT2D eigenvalue weighted by Crippen LogP contribution is -2.36. The fourth-order valence-electron chi connectivity index (χ4n) is 2.78. The predicted molar refractivity (Wildman–Crippen MR) is 94.6 cm³/mol. The van der Waals surface area contributed by atoms with Crippen LogP contribution in [0.1, 0.15) is 18.5 Å². The fraction of sp³-hybridized carbons (Fsp3) is 0.333. The van der Waals surface area contributed by atoms with Crippen LogP contribution in [0, 0.1) is 5.82 Å². The molecule has 25 heavy (non-hydrogen) atoms. The first-order chi connectivity index (χ1) is 12.0. The number of morpholine rings is 1. The number of benzene rings is 2. The van der Waals surface area contributed by atoms with Crippen molar-refractivity contribution in [2.45, 2.75) is 17.9 Å². The Labute approximate surface area is 147 Å². The number of ether oxygens (including phenoxy) is 1. The quantitative estimate of drug-likeness (QED) is 0.886. The third kappa shape index (κ3) is 4.36. The van der Waals surface area contributed by atoms with Crippen molar-refractivity contribution in [3.05, 3.63) is 59.9 Å². The van der Waals surface area contributed by atoms with E-state index in [-0.39, 0.29) is 4.90 Å². The van der Waals surface area contributed by atoms with E-state index < -0.39 is 21.9 Å². The van der Waals surface area contributed by atoms with E-state index in [4.69, 9.17) is 4.74 Å². The van der Waals surface area contributed by atoms with E-state index in [0.717, 1.165) is 49.7 Å². The van der Waals surface area contributed by atoms with Crippen molar-refractivity contribution < 1.29 is 17.5 Å². The SMILES string of the molecule is CC(NS(=O)(=O)c1ccc(F)cc1)c1ccc(N2CCOCC2)cc1. The first-order valence-electron chi connectivity index (χ1n) is 8.16. The van der Waals surface area contributed by atoms with Crippen LogP contribution in [0.2, 0.25) is 0 Å². The van der Waals surface area contributed by atoms with Gasteiger partial charge in [-0.3, -0.25) is 0 Å². The Morgan fingerprint density at radius 3 is 2.24 bits per heavy atom. The summed E-state index contributed by atoms with van der Waals surface area (Å²) in [4.78, 5) is 2.28. The molecule has 0 saturated carbocycles. The number of nitrogens with zero attached hydrogens (tertiary/aromatic N) is 1. The second-order valence-electron chi connectivity index (χ2n) is 5.99. The van der Waals surface area contributed by atoms with Gasteiger partial charge in [0, 0.05) is 24.8 Å². The van der Waals surface area contributed by atoms with Gasteiger partial charge in [0.2, 0.25) is 10.0 Å². The average Bonchev–Trinajstić information content (AvgIpc) is 2.62. The molecule has 0 radical (unpaired) electrons. The first-order valence-corrected chi connectivity index (χ1v) is 9.64. The van der Waals surface area contributed by atoms with Crippen LogP contribution in [-0.4, -0.2) is 34.7 Å². The van der Waals surface area contributed by atoms with Gasteiger partial charge in [0.15, 0.2) is 0 Å². The van der Waals surface area contributed by atoms with E-state index in [1.165, 1.54) is 12.1 Å². The number of hydrogen-bond donors (Lipinski definition) is 1. The van der Waals surface area contributed by atoms with Gasteiger partial charge in [0.25, 0.3) is 0 Å². The Morgan fingerprint density at radius 1 is 1.04 bits per heavy atom. The van der Waals surface area contributed by atoms with Gasteiger partial charge in [0.1, 0.15) is 5.82 Å². The molecule has 134 valence electrons. The maximum atomic E-state index is 13.0. The van der Waals surface area contributed by atoms with Gasteiger partial charge in [-0.15, -0.1) is 0 Å². The van der Waals surface area contributed by atoms with Gasteiger partial charge in [-0.05, 0) is 48.9 Å². The van der Waals surface area contributed by atoms with E-state index >= 15 is 0 Å². The Kier molecular flexibility index (Phi) is 5.36. The van der Waals surface area contributed by atoms with Crippen molar-refractivity contribution in [3.8, 4) is 0 Å². The minimum atomic E-state index is -3.70. The molecule has 2 aromatic rings. The van der Waals surface area contributed by atoms with Crippen LogP contribution in [0.15, 0.2) is 53.4 Å². The molecular weight excluding hydrogens is 343 g/mol. The molecule has 0 spiro atoms. The Balaban J connectivity index is 1.70. The first kappa shape index (κ1) is 17.8. The molecule has 7 heteroatoms. The van der Waals surface area contributed by atoms with Crippen LogP contribution < -0.4 is 9.62 Å². The lowest BCUT2D eigenvalue weighted by atomic mass is 10.1. The van der Waals surface area contributed by atoms with Crippen molar-refractivity contribution in [2.24, 2.45) is 0 Å². The van der Waals surface area contributed by atoms with E-state index in [9.17, 15) is 12.8 Å². The molecule has 1 aliphatic rings. The highest BCUT2D eigenvalue weighted by Gasteiger charge is 2.19. The van der Waals surface area contributed by atoms with E-state index in [2.05, 4.69) is 9.62 Å². The number of nitrogens with one attached hydrogen (secondary N) is 1. The molecule has 1 N–H and O–H groups in total. The van der Waals surface area contributed by atoms with Crippen LogP contribution in [0.5, 0.6) is 0 Å². The summed E-state index contributed by atoms with van der Waals surface area (Å²) in [6.45, 7) is 4.92. The van der Waals surface area contributed by atoms with Crippen LogP contribution in [-0.2, 0) is 14.8 Å². The number of rotatable bonds is 5. The van der Waals surface area contributed by atoms with Gasteiger partial charge in [-0.1, -0.05) is 12.1 Å². The van der Waals surface area contributed by atoms with Crippen LogP contribution >= 0.6 is 0 Å². The summed E-state index contributed by atoms with van der Waals surface area (Å²) in [5.41, 5.74) is 1.96. The summed E-state index contributed by atoms with van der Waals surface area (Å²) in [6.07, 6.45) is 0. The molecule has 0 bridgehead atoms. The molecule has 3 rings (SSSR count). The molecule has 2 aromatic carbocycles. The van der Waals surface area contributed by atoms with E-state index in [1.807, 2.05) is 24.3 Å². The standard InChI is InChI=1S/C18H21FN2O3S/c1-14(20-25(22,23)18-8-4-16(19)5-9-18)15-2-6-17(7-3-15)21-10-12-24-13-11-21/h2-9,14,20H,10-13H2,1H3. The van der Waals surface area contributed by atoms with Gasteiger partial charge >= 0.3 is 0 Å². The van der Waals surface area contributed by atoms with E-state index in [1.54, 1.807) is 6.92 Å². The highest BCUT2D eigenvalue weighted by molar-refractivity contribution is 7.89. The summed E-state index contributed by atoms with van der Waals surface area (Å²) in [5, 5.41) is 0. The maximum Gasteiger partial charge on any atom is 0.241 e. The molecule has 1 aliphatic heterocycles. The van der Waals surface area contributed by atoms with Gasteiger partial charge in [0.05, 0.1) is 18.1 Å². The summed E-state index contributed by atoms with van der Waals surface area (Å²) in [7, 11) is -3.70. The molecule has 1 heterocycles. The number of halogens is 1. The molecule has 1 atom stereocenters. The lowest BCUT2D eigenvalue weighted by molar-refractivity contribution is 0.122. The van der Waals surface area contributed by atoms with E-state index in [0.29, 0.717) is 0 Å². The van der Waals surface area contributed by atoms with Crippen molar-refractivity contribution >= 4 is 15.7 Å². The second kappa shape index (κ2) is 7.51. The van der Waals surface area contributed by atoms with Gasteiger partial charge < -0.3 is 9.64 Å². The largest absolute Gasteiger partial charge is 0.378 e. The molecule has 5 nitrogen and oxygen atoms in total. The Morgan fingerprint density at radius 2 is 1.64 bits per heavy atom. The number of hydrogen-bond acceptors (Lipinski definition) is 4. The van der Waals surface area contributed by atoms with Crippen molar-refractivity contribution in [1.82, 2.24) is 4.72 Å². The van der Waals surface area contributed by atoms with Crippen LogP contribution in [0.4, 0.5) is 10.1 Å². The molecule has 1 unspecified atom stereocenters. The fourth-order valence-corrected chi connectivity index (χ4v) is 4.01. The van der Waals surface area contributed by atoms with Crippen molar-refractivity contribution in [1.29, 1.82) is 0 Å². The zero-order valence-corrected chi connectivity index (χ0v) is 14.8. The predicted octanol–water partition coefficient (Wildman–Crippen LogP) is 2.70. The lowest BCUT2D eigenvalue weighted by Gasteiger charge is -2.29. The smallest absolute Gasteiger partial charge is 0.241 e. The summed E-state index contributed by atoms with van der Waals surface area (Å²) >= 11 is 0. The average molecular weight is 364 g/mol. The zero-order valence-electron chi connectivity index (χ0n) is 14.0. The molecule has 1 saturated heterocycles. The van der Waals surface area contributed by atoms with Crippen molar-refractivity contribution in [2.75, 3.05) is 31.2 Å². The second-order valence-corrected chi connectivity index (χ2v) is 7.70. The van der Waals surface area contributed by atoms with Gasteiger partial charge in [-0.2, -0.15) is 0 Å². The van der Waals surface area contributed by atoms with Crippen LogP contribution in [0.25, 0.3) is 0 Å². The molecule has 0 amide bonds. The monoisotopic (exact) mass is 364 g/mol. The van der Waals surface area contributed by atoms with Crippen molar-refractivity contribution in [3.63, 3.8) is 0 Å². The van der Waals surface area contributed by atoms with Gasteiger partial charge in [-0.25, -0.2) is 17.5 Å².